The molecule has 1 aromatic carbocycles. The molecule has 0 saturated carbocycles. The van der Waals surface area contributed by atoms with Crippen LogP contribution in [-0.2, 0) is 27.2 Å². The molecule has 2 amide bonds. The number of hydrogen-bond donors (Lipinski definition) is 2. The third-order valence-corrected chi connectivity index (χ3v) is 5.46. The standard InChI is InChI=1S/C19H20N2O4S/c1-11(22)21-18-15(13-9-5-6-10-14(13)26-18)19(24)25-16(17(20)23)12-7-3-2-4-8-12/h2-4,7-8,16H,5-6,9-10H2,1H3,(H2,20,23)(H,21,22). The highest BCUT2D eigenvalue weighted by Crippen LogP contribution is 2.39. The van der Waals surface area contributed by atoms with Gasteiger partial charge in [-0.25, -0.2) is 4.79 Å². The summed E-state index contributed by atoms with van der Waals surface area (Å²) in [5.74, 6) is -1.64. The lowest BCUT2D eigenvalue weighted by atomic mass is 9.95. The summed E-state index contributed by atoms with van der Waals surface area (Å²) in [5.41, 5.74) is 7.21. The zero-order valence-corrected chi connectivity index (χ0v) is 15.2. The van der Waals surface area contributed by atoms with Gasteiger partial charge < -0.3 is 15.8 Å². The highest BCUT2D eigenvalue weighted by molar-refractivity contribution is 7.17. The number of anilines is 1. The maximum absolute atomic E-state index is 12.9. The second-order valence-corrected chi connectivity index (χ2v) is 7.30. The Kier molecular flexibility index (Phi) is 5.37. The van der Waals surface area contributed by atoms with Crippen LogP contribution in [0.15, 0.2) is 30.3 Å². The molecule has 1 aromatic heterocycles. The van der Waals surface area contributed by atoms with Gasteiger partial charge in [-0.15, -0.1) is 11.3 Å². The molecule has 2 aromatic rings. The number of amides is 2. The molecule has 0 aliphatic heterocycles. The number of carbonyl (C=O) groups is 3. The normalized spacial score (nSPS) is 14.2. The summed E-state index contributed by atoms with van der Waals surface area (Å²) in [7, 11) is 0. The van der Waals surface area contributed by atoms with Crippen LogP contribution in [0, 0.1) is 0 Å². The van der Waals surface area contributed by atoms with E-state index in [2.05, 4.69) is 5.32 Å². The molecule has 0 saturated heterocycles. The number of rotatable bonds is 5. The number of carbonyl (C=O) groups excluding carboxylic acids is 3. The fourth-order valence-corrected chi connectivity index (χ4v) is 4.44. The molecule has 1 heterocycles. The maximum atomic E-state index is 12.9. The number of fused-ring (bicyclic) bond motifs is 1. The van der Waals surface area contributed by atoms with E-state index in [0.717, 1.165) is 36.1 Å². The van der Waals surface area contributed by atoms with Gasteiger partial charge in [-0.05, 0) is 31.2 Å². The molecule has 3 rings (SSSR count). The lowest BCUT2D eigenvalue weighted by Gasteiger charge is -2.17. The number of esters is 1. The minimum atomic E-state index is -1.17. The number of nitrogens with two attached hydrogens (primary N) is 1. The van der Waals surface area contributed by atoms with E-state index in [4.69, 9.17) is 10.5 Å². The van der Waals surface area contributed by atoms with Crippen LogP contribution in [-0.4, -0.2) is 17.8 Å². The monoisotopic (exact) mass is 372 g/mol. The quantitative estimate of drug-likeness (QED) is 0.788. The van der Waals surface area contributed by atoms with Gasteiger partial charge in [0.15, 0.2) is 0 Å². The van der Waals surface area contributed by atoms with Crippen molar-refractivity contribution in [1.29, 1.82) is 0 Å². The molecule has 1 atom stereocenters. The second-order valence-electron chi connectivity index (χ2n) is 6.19. The summed E-state index contributed by atoms with van der Waals surface area (Å²) in [5, 5.41) is 3.19. The zero-order chi connectivity index (χ0) is 18.7. The van der Waals surface area contributed by atoms with Gasteiger partial charge in [0.25, 0.3) is 5.91 Å². The number of nitrogens with one attached hydrogen (secondary N) is 1. The Morgan fingerprint density at radius 3 is 2.50 bits per heavy atom. The van der Waals surface area contributed by atoms with Gasteiger partial charge in [0.1, 0.15) is 5.00 Å². The molecule has 136 valence electrons. The Balaban J connectivity index is 1.94. The maximum Gasteiger partial charge on any atom is 0.342 e. The van der Waals surface area contributed by atoms with Crippen LogP contribution in [0.2, 0.25) is 0 Å². The summed E-state index contributed by atoms with van der Waals surface area (Å²) >= 11 is 1.40. The summed E-state index contributed by atoms with van der Waals surface area (Å²) in [6.45, 7) is 1.39. The first-order valence-corrected chi connectivity index (χ1v) is 9.26. The Morgan fingerprint density at radius 2 is 1.85 bits per heavy atom. The van der Waals surface area contributed by atoms with Crippen molar-refractivity contribution >= 4 is 34.1 Å². The number of aryl methyl sites for hydroxylation is 1. The van der Waals surface area contributed by atoms with Gasteiger partial charge in [0.2, 0.25) is 12.0 Å². The van der Waals surface area contributed by atoms with Crippen LogP contribution >= 0.6 is 11.3 Å². The van der Waals surface area contributed by atoms with Crippen molar-refractivity contribution in [3.8, 4) is 0 Å². The highest BCUT2D eigenvalue weighted by atomic mass is 32.1. The summed E-state index contributed by atoms with van der Waals surface area (Å²) in [6.07, 6.45) is 2.48. The van der Waals surface area contributed by atoms with Crippen molar-refractivity contribution in [3.63, 3.8) is 0 Å². The van der Waals surface area contributed by atoms with E-state index < -0.39 is 18.0 Å². The molecule has 0 spiro atoms. The fourth-order valence-electron chi connectivity index (χ4n) is 3.11. The molecular weight excluding hydrogens is 352 g/mol. The Morgan fingerprint density at radius 1 is 1.15 bits per heavy atom. The summed E-state index contributed by atoms with van der Waals surface area (Å²) in [4.78, 5) is 37.3. The minimum Gasteiger partial charge on any atom is -0.444 e. The highest BCUT2D eigenvalue weighted by Gasteiger charge is 2.30. The summed E-state index contributed by atoms with van der Waals surface area (Å²) < 4.78 is 5.47. The number of thiophene rings is 1. The molecule has 6 nitrogen and oxygen atoms in total. The van der Waals surface area contributed by atoms with Crippen molar-refractivity contribution in [2.24, 2.45) is 5.73 Å². The van der Waals surface area contributed by atoms with E-state index in [1.54, 1.807) is 30.3 Å². The smallest absolute Gasteiger partial charge is 0.342 e. The van der Waals surface area contributed by atoms with E-state index >= 15 is 0 Å². The third-order valence-electron chi connectivity index (χ3n) is 4.25. The lowest BCUT2D eigenvalue weighted by molar-refractivity contribution is -0.127. The molecule has 26 heavy (non-hydrogen) atoms. The minimum absolute atomic E-state index is 0.257. The molecule has 1 aliphatic rings. The SMILES string of the molecule is CC(=O)Nc1sc2c(c1C(=O)OC(C(N)=O)c1ccccc1)CCCC2. The van der Waals surface area contributed by atoms with Crippen molar-refractivity contribution in [1.82, 2.24) is 0 Å². The first-order chi connectivity index (χ1) is 12.5. The Hall–Kier alpha value is -2.67. The van der Waals surface area contributed by atoms with Crippen LogP contribution < -0.4 is 11.1 Å². The molecule has 0 radical (unpaired) electrons. The molecular formula is C19H20N2O4S. The van der Waals surface area contributed by atoms with Crippen LogP contribution in [0.1, 0.15) is 52.2 Å². The molecule has 1 unspecified atom stereocenters. The van der Waals surface area contributed by atoms with Gasteiger partial charge in [-0.1, -0.05) is 30.3 Å². The largest absolute Gasteiger partial charge is 0.444 e. The van der Waals surface area contributed by atoms with Gasteiger partial charge in [0, 0.05) is 17.4 Å². The van der Waals surface area contributed by atoms with Crippen LogP contribution in [0.25, 0.3) is 0 Å². The van der Waals surface area contributed by atoms with Crippen molar-refractivity contribution in [2.45, 2.75) is 38.7 Å². The van der Waals surface area contributed by atoms with Gasteiger partial charge in [0.05, 0.1) is 5.56 Å². The summed E-state index contributed by atoms with van der Waals surface area (Å²) in [6, 6.07) is 8.65. The number of hydrogen-bond acceptors (Lipinski definition) is 5. The molecule has 0 bridgehead atoms. The fraction of sp³-hybridized carbons (Fsp3) is 0.316. The first kappa shape index (κ1) is 18.1. The van der Waals surface area contributed by atoms with Gasteiger partial charge in [-0.2, -0.15) is 0 Å². The van der Waals surface area contributed by atoms with E-state index in [9.17, 15) is 14.4 Å². The van der Waals surface area contributed by atoms with Crippen molar-refractivity contribution in [3.05, 3.63) is 51.9 Å². The molecule has 0 fully saturated rings. The van der Waals surface area contributed by atoms with Crippen molar-refractivity contribution in [2.75, 3.05) is 5.32 Å². The van der Waals surface area contributed by atoms with E-state index in [-0.39, 0.29) is 5.91 Å². The Bertz CT molecular complexity index is 845. The van der Waals surface area contributed by atoms with E-state index in [1.165, 1.54) is 18.3 Å². The van der Waals surface area contributed by atoms with Gasteiger partial charge >= 0.3 is 5.97 Å². The average Bonchev–Trinajstić information content (AvgIpc) is 2.97. The molecule has 7 heteroatoms. The van der Waals surface area contributed by atoms with E-state index in [1.807, 2.05) is 0 Å². The third kappa shape index (κ3) is 3.77. The average molecular weight is 372 g/mol. The predicted octanol–water partition coefficient (Wildman–Crippen LogP) is 2.97. The lowest BCUT2D eigenvalue weighted by Crippen LogP contribution is -2.27. The Labute approximate surface area is 155 Å². The molecule has 3 N–H and O–H groups in total. The van der Waals surface area contributed by atoms with Gasteiger partial charge in [-0.3, -0.25) is 9.59 Å². The van der Waals surface area contributed by atoms with Crippen LogP contribution in [0.4, 0.5) is 5.00 Å². The van der Waals surface area contributed by atoms with E-state index in [0.29, 0.717) is 16.1 Å². The zero-order valence-electron chi connectivity index (χ0n) is 14.4. The second kappa shape index (κ2) is 7.70. The van der Waals surface area contributed by atoms with Crippen LogP contribution in [0.5, 0.6) is 0 Å². The topological polar surface area (TPSA) is 98.5 Å². The number of benzene rings is 1. The number of ether oxygens (including phenoxy) is 1. The molecule has 1 aliphatic carbocycles. The number of primary amides is 1. The van der Waals surface area contributed by atoms with Crippen molar-refractivity contribution < 1.29 is 19.1 Å². The first-order valence-electron chi connectivity index (χ1n) is 8.44. The van der Waals surface area contributed by atoms with Crippen LogP contribution in [0.3, 0.4) is 0 Å². The predicted molar refractivity (Wildman–Crippen MR) is 99.1 cm³/mol.